The molecule has 11 saturated heterocycles. The number of aliphatic hydroxyl groups is 29. The van der Waals surface area contributed by atoms with Gasteiger partial charge in [-0.3, -0.25) is 18.1 Å². The van der Waals surface area contributed by atoms with Crippen molar-refractivity contribution in [1.29, 1.82) is 0 Å². The van der Waals surface area contributed by atoms with Crippen LogP contribution >= 0.6 is 31.3 Å². The standard InChI is InChI=1S/C72H127N3O70P4/c1-14-30(87)38(95)42(99)64(124-14)137-55-35(92)25(12-122-63-41(98)39(96)32(89)20(7-79)126-63)129-66(45(55)102)135-54-29(75)62(128-22(9-81)53(54)133-65-43(100)40(97)33(90)21(8-80)127-65)136-56-44(101)50(23(10-82)142-146(109,110)111)132-67(46(56)103)138-57-58(144-148(115,116)117)48(17(85)5-77)131-68(59(57)145-149(118,119)120)134-52-19(139-72(70(107)108)2-15(83)31(88)47(140-72)16(84)4-76)3-71(69(105)106,141-49(52)18(86)6-78)123-13-26-51(143-147(112,113)114)37(94)28(74)61(130-26)121-11-24-34(91)36(93)27(73)60(104)125-24/h14-68,76-104H,2-13,73-75H2,1H3,(H,105,106)(H,107,108)(H2,109,110,111)(H2,112,113,114)(H2,115,116,117)(H2,118,119,120)/t14-,15+,16+,17-,18+,19+,20+,21+,22+,23-,24+,25+,26+,27+,28+,29+,30-,31+,32+,33+,34+,35+,36+,37+,38+,39-,40-,41+,42+,43+,44+,45+,46-,47+,48+,49+,50+,51+,52+,53-,54+,55-,56-,57-,58+,59-,60-,61+,62+,63-,64-,65+,66-,67+,68+,71+,72+/m0/s1. The van der Waals surface area contributed by atoms with Crippen LogP contribution in [-0.2, 0) is 145 Å². The molecular weight excluding hydrogens is 2150 g/mol. The van der Waals surface area contributed by atoms with Crippen molar-refractivity contribution in [1.82, 2.24) is 0 Å². The zero-order valence-corrected chi connectivity index (χ0v) is 80.4. The van der Waals surface area contributed by atoms with Gasteiger partial charge in [-0.1, -0.05) is 0 Å². The van der Waals surface area contributed by atoms with E-state index < -0.39 is 471 Å². The molecule has 0 bridgehead atoms. The van der Waals surface area contributed by atoms with Gasteiger partial charge in [0.2, 0.25) is 0 Å². The Kier molecular flexibility index (Phi) is 44.1. The number of carbonyl (C=O) groups is 2. The van der Waals surface area contributed by atoms with Gasteiger partial charge in [0.15, 0.2) is 56.6 Å². The van der Waals surface area contributed by atoms with E-state index in [1.807, 2.05) is 0 Å². The topological polar surface area (TPSA) is 1200 Å². The summed E-state index contributed by atoms with van der Waals surface area (Å²) in [6.45, 7) is -13.8. The Balaban J connectivity index is 1.02. The van der Waals surface area contributed by atoms with Crippen LogP contribution in [0.5, 0.6) is 0 Å². The number of phosphoric ester groups is 4. The van der Waals surface area contributed by atoms with E-state index in [2.05, 4.69) is 0 Å². The monoisotopic (exact) mass is 2280 g/mol. The third-order valence-corrected chi connectivity index (χ3v) is 28.1. The Labute approximate surface area is 835 Å². The summed E-state index contributed by atoms with van der Waals surface area (Å²) in [5.74, 6) is -13.0. The van der Waals surface area contributed by atoms with E-state index in [-0.39, 0.29) is 0 Å². The highest BCUT2D eigenvalue weighted by atomic mass is 31.2. The first-order valence-electron chi connectivity index (χ1n) is 45.0. The number of hydrogen-bond donors (Lipinski definition) is 42. The van der Waals surface area contributed by atoms with Crippen molar-refractivity contribution in [3.63, 3.8) is 0 Å². The molecule has 45 N–H and O–H groups in total. The number of ether oxygens (including phenoxy) is 21. The van der Waals surface area contributed by atoms with Gasteiger partial charge >= 0.3 is 43.2 Å². The van der Waals surface area contributed by atoms with Crippen molar-refractivity contribution in [3.05, 3.63) is 0 Å². The minimum atomic E-state index is -6.78. The third-order valence-electron chi connectivity index (χ3n) is 26.0. The molecule has 57 atom stereocenters. The fourth-order valence-corrected chi connectivity index (χ4v) is 20.4. The summed E-state index contributed by atoms with van der Waals surface area (Å²) in [6, 6.07) is -6.32. The van der Waals surface area contributed by atoms with Gasteiger partial charge in [-0.15, -0.1) is 0 Å². The van der Waals surface area contributed by atoms with Crippen LogP contribution in [0.3, 0.4) is 0 Å². The molecule has 11 rings (SSSR count). The lowest BCUT2D eigenvalue weighted by molar-refractivity contribution is -0.408. The van der Waals surface area contributed by atoms with Gasteiger partial charge in [-0.2, -0.15) is 0 Å². The minimum Gasteiger partial charge on any atom is -0.477 e. The van der Waals surface area contributed by atoms with Crippen LogP contribution < -0.4 is 17.2 Å². The molecule has 149 heavy (non-hydrogen) atoms. The molecule has 11 aliphatic heterocycles. The summed E-state index contributed by atoms with van der Waals surface area (Å²) in [7, 11) is -25.6. The summed E-state index contributed by atoms with van der Waals surface area (Å²) in [6.07, 6.45) is -137. The van der Waals surface area contributed by atoms with Crippen LogP contribution in [0.25, 0.3) is 0 Å². The van der Waals surface area contributed by atoms with Crippen LogP contribution in [-0.4, -0.2) is 624 Å². The zero-order chi connectivity index (χ0) is 111. The number of aliphatic carboxylic acids is 2. The smallest absolute Gasteiger partial charge is 0.470 e. The Hall–Kier alpha value is -2.74. The highest BCUT2D eigenvalue weighted by Crippen LogP contribution is 2.53. The number of carboxylic acids is 2. The fourth-order valence-electron chi connectivity index (χ4n) is 18.1. The molecule has 0 radical (unpaired) electrons. The molecule has 0 amide bonds. The molecule has 0 aromatic heterocycles. The molecule has 11 heterocycles. The summed E-state index contributed by atoms with van der Waals surface area (Å²) in [4.78, 5) is 113. The second-order valence-corrected chi connectivity index (χ2v) is 41.1. The Bertz CT molecular complexity index is 4420. The van der Waals surface area contributed by atoms with E-state index in [4.69, 9.17) is 135 Å². The maximum absolute atomic E-state index is 14.4. The lowest BCUT2D eigenvalue weighted by Crippen LogP contribution is -2.71. The fraction of sp³-hybridized carbons (Fsp3) is 0.972. The molecule has 0 unspecified atom stereocenters. The quantitative estimate of drug-likeness (QED) is 0.0252. The predicted molar refractivity (Wildman–Crippen MR) is 445 cm³/mol. The van der Waals surface area contributed by atoms with Crippen LogP contribution in [0.1, 0.15) is 19.8 Å². The molecule has 0 aliphatic carbocycles. The van der Waals surface area contributed by atoms with Crippen LogP contribution in [0.15, 0.2) is 0 Å². The van der Waals surface area contributed by atoms with E-state index >= 15 is 0 Å². The molecule has 11 aliphatic rings. The van der Waals surface area contributed by atoms with Crippen molar-refractivity contribution in [2.45, 2.75) is 369 Å². The van der Waals surface area contributed by atoms with Gasteiger partial charge in [0.05, 0.1) is 103 Å². The van der Waals surface area contributed by atoms with Crippen LogP contribution in [0.2, 0.25) is 0 Å². The van der Waals surface area contributed by atoms with Gasteiger partial charge in [-0.25, -0.2) is 27.8 Å². The number of rotatable bonds is 44. The Morgan fingerprint density at radius 1 is 0.329 bits per heavy atom. The largest absolute Gasteiger partial charge is 0.477 e. The second kappa shape index (κ2) is 51.9. The summed E-state index contributed by atoms with van der Waals surface area (Å²) < 4.78 is 195. The maximum atomic E-state index is 14.4. The van der Waals surface area contributed by atoms with E-state index in [0.29, 0.717) is 0 Å². The molecule has 0 spiro atoms. The van der Waals surface area contributed by atoms with Gasteiger partial charge in [-0.05, 0) is 6.92 Å². The van der Waals surface area contributed by atoms with E-state index in [0.717, 1.165) is 6.92 Å². The molecule has 77 heteroatoms. The van der Waals surface area contributed by atoms with Crippen molar-refractivity contribution >= 4 is 43.2 Å². The van der Waals surface area contributed by atoms with Crippen molar-refractivity contribution in [2.24, 2.45) is 17.2 Å². The SMILES string of the molecule is C[C@@H]1O[C@@H](O[C@@H]2[C@@H](O)[C@H](O[C@@H]3[C@@H](N)[C@@H](O[C@@H]4[C@H](O)[C@@H](O[C@H]5[C@H](OP(=O)(O)O)[C@@H]([C@@H](O)CO)O[C@H](O[C@H]6[C@@H]([C@H](O)CO)O[C@@](OC[C@H]7O[C@@H](OC[C@H]8O[C@H](O)[C@H](N)[C@@H](O)[C@@H]8O)[C@H](N)[C@@H](O)[C@@H]7OP(=O)(O)O)(C(=O)O)C[C@H]6O[C@]6(C(=O)O)C[C@@H](O)[C@@H](O)[C@@H]([C@H](O)CO)O6)[C@H]5OP(=O)(O)O)O[C@H]([C@H](CO)OP(=O)(O)O)[C@H]4O)O[C@H](CO)[C@@H]3O[C@H]3O[C@H](CO)[C@@H](O)[C@H](O)[C@H]3O)O[C@H](CO[C@H]3O[C@H](CO)[C@@H](O)[C@H](O)[C@H]3O)[C@H]2O)[C@H](O)[C@H](O)[C@H]1O. The number of nitrogens with two attached hydrogens (primary N) is 3. The second-order valence-electron chi connectivity index (χ2n) is 36.3. The molecule has 870 valence electrons. The van der Waals surface area contributed by atoms with Crippen molar-refractivity contribution in [2.75, 3.05) is 66.1 Å². The normalized spacial score (nSPS) is 47.5. The molecule has 0 aromatic rings. The number of phosphoric acid groups is 4. The van der Waals surface area contributed by atoms with Crippen molar-refractivity contribution < 1.29 is 343 Å². The van der Waals surface area contributed by atoms with Crippen LogP contribution in [0.4, 0.5) is 0 Å². The number of hydrogen-bond acceptors (Lipinski definition) is 63. The minimum absolute atomic E-state index is 1.04. The maximum Gasteiger partial charge on any atom is 0.470 e. The molecule has 73 nitrogen and oxygen atoms in total. The first kappa shape index (κ1) is 126. The molecular formula is C72H127N3O70P4. The average Bonchev–Trinajstić information content (AvgIpc) is 0.735. The van der Waals surface area contributed by atoms with E-state index in [9.17, 15) is 225 Å². The molecule has 0 saturated carbocycles. The first-order chi connectivity index (χ1) is 69.4. The lowest BCUT2D eigenvalue weighted by Gasteiger charge is -2.53. The Morgan fingerprint density at radius 2 is 0.752 bits per heavy atom. The number of carboxylic acid groups (broad SMARTS) is 2. The van der Waals surface area contributed by atoms with Gasteiger partial charge < -0.3 is 314 Å². The number of aliphatic hydroxyl groups excluding tert-OH is 29. The first-order valence-corrected chi connectivity index (χ1v) is 51.2. The van der Waals surface area contributed by atoms with Crippen molar-refractivity contribution in [3.8, 4) is 0 Å². The summed E-state index contributed by atoms with van der Waals surface area (Å²) in [5.41, 5.74) is 18.8. The van der Waals surface area contributed by atoms with Gasteiger partial charge in [0, 0.05) is 12.8 Å². The highest BCUT2D eigenvalue weighted by molar-refractivity contribution is 7.47. The summed E-state index contributed by atoms with van der Waals surface area (Å²) in [5, 5.41) is 346. The average molecular weight is 2280 g/mol. The third kappa shape index (κ3) is 29.1. The van der Waals surface area contributed by atoms with Gasteiger partial charge in [0.25, 0.3) is 11.6 Å². The van der Waals surface area contributed by atoms with Crippen LogP contribution in [0, 0.1) is 0 Å². The summed E-state index contributed by atoms with van der Waals surface area (Å²) >= 11 is 0. The molecule has 11 fully saturated rings. The molecule has 0 aromatic carbocycles. The lowest BCUT2D eigenvalue weighted by atomic mass is 9.89. The van der Waals surface area contributed by atoms with E-state index in [1.54, 1.807) is 0 Å². The van der Waals surface area contributed by atoms with E-state index in [1.165, 1.54) is 0 Å². The predicted octanol–water partition coefficient (Wildman–Crippen LogP) is -25.2. The highest BCUT2D eigenvalue weighted by Gasteiger charge is 2.68. The van der Waals surface area contributed by atoms with Gasteiger partial charge in [0.1, 0.15) is 244 Å². The zero-order valence-electron chi connectivity index (χ0n) is 76.9. The Morgan fingerprint density at radius 3 is 1.30 bits per heavy atom.